The number of Topliss-reactive ketones (excluding diaryl/α,β-unsaturated/α-hetero) is 1. The van der Waals surface area contributed by atoms with Crippen molar-refractivity contribution in [3.05, 3.63) is 38.9 Å². The summed E-state index contributed by atoms with van der Waals surface area (Å²) in [4.78, 5) is 20.2. The van der Waals surface area contributed by atoms with Crippen molar-refractivity contribution in [2.45, 2.75) is 6.18 Å². The molecule has 8 heteroatoms. The van der Waals surface area contributed by atoms with Gasteiger partial charge in [-0.1, -0.05) is 11.6 Å². The van der Waals surface area contributed by atoms with Crippen molar-refractivity contribution < 1.29 is 22.9 Å². The minimum atomic E-state index is -5.15. The molecule has 0 atom stereocenters. The van der Waals surface area contributed by atoms with Crippen molar-refractivity contribution >= 4 is 23.1 Å². The molecular weight excluding hydrogens is 251 g/mol. The molecule has 16 heavy (non-hydrogen) atoms. The zero-order valence-electron chi connectivity index (χ0n) is 7.42. The molecule has 0 radical (unpaired) electrons. The Labute approximate surface area is 91.8 Å². The number of nitrogens with zero attached hydrogens (tertiary/aromatic N) is 1. The second-order valence-electron chi connectivity index (χ2n) is 2.75. The highest BCUT2D eigenvalue weighted by atomic mass is 35.5. The molecule has 1 rings (SSSR count). The van der Waals surface area contributed by atoms with Gasteiger partial charge in [-0.25, -0.2) is 0 Å². The van der Waals surface area contributed by atoms with Crippen LogP contribution in [0.2, 0.25) is 5.02 Å². The van der Waals surface area contributed by atoms with Crippen LogP contribution < -0.4 is 0 Å². The summed E-state index contributed by atoms with van der Waals surface area (Å²) in [5.74, 6) is -2.27. The normalized spacial score (nSPS) is 11.2. The van der Waals surface area contributed by atoms with E-state index in [2.05, 4.69) is 0 Å². The minimum Gasteiger partial charge on any atom is -0.284 e. The van der Waals surface area contributed by atoms with Crippen LogP contribution in [0.5, 0.6) is 0 Å². The third kappa shape index (κ3) is 2.48. The molecule has 0 bridgehead atoms. The van der Waals surface area contributed by atoms with E-state index in [1.807, 2.05) is 0 Å². The maximum Gasteiger partial charge on any atom is 0.455 e. The van der Waals surface area contributed by atoms with E-state index >= 15 is 0 Å². The average Bonchev–Trinajstić information content (AvgIpc) is 2.15. The average molecular weight is 254 g/mol. The van der Waals surface area contributed by atoms with Gasteiger partial charge in [0.25, 0.3) is 11.5 Å². The van der Waals surface area contributed by atoms with Gasteiger partial charge in [0.2, 0.25) is 0 Å². The standard InChI is InChI=1S/C8H3ClF3NO3/c9-4-1-2-5(6(3-4)13(15)16)7(14)8(10,11)12/h1-3H. The van der Waals surface area contributed by atoms with Crippen LogP contribution in [0.1, 0.15) is 10.4 Å². The lowest BCUT2D eigenvalue weighted by Crippen LogP contribution is -2.23. The van der Waals surface area contributed by atoms with Crippen LogP contribution in [0, 0.1) is 10.1 Å². The fourth-order valence-corrected chi connectivity index (χ4v) is 1.17. The lowest BCUT2D eigenvalue weighted by Gasteiger charge is -2.05. The zero-order chi connectivity index (χ0) is 12.5. The van der Waals surface area contributed by atoms with E-state index < -0.39 is 28.1 Å². The molecule has 0 aliphatic rings. The summed E-state index contributed by atoms with van der Waals surface area (Å²) >= 11 is 5.38. The molecule has 0 amide bonds. The molecular formula is C8H3ClF3NO3. The predicted octanol–water partition coefficient (Wildman–Crippen LogP) is 2.99. The number of carbonyl (C=O) groups excluding carboxylic acids is 1. The summed E-state index contributed by atoms with van der Waals surface area (Å²) in [7, 11) is 0. The molecule has 0 heterocycles. The van der Waals surface area contributed by atoms with Crippen LogP contribution in [0.3, 0.4) is 0 Å². The summed E-state index contributed by atoms with van der Waals surface area (Å²) in [5, 5.41) is 10.3. The molecule has 0 unspecified atom stereocenters. The number of halogens is 4. The third-order valence-electron chi connectivity index (χ3n) is 1.66. The van der Waals surface area contributed by atoms with E-state index in [4.69, 9.17) is 11.6 Å². The number of benzene rings is 1. The number of hydrogen-bond donors (Lipinski definition) is 0. The van der Waals surface area contributed by atoms with Crippen molar-refractivity contribution in [3.8, 4) is 0 Å². The van der Waals surface area contributed by atoms with Crippen LogP contribution in [-0.4, -0.2) is 16.9 Å². The molecule has 0 spiro atoms. The molecule has 0 aromatic heterocycles. The van der Waals surface area contributed by atoms with Crippen molar-refractivity contribution in [1.29, 1.82) is 0 Å². The fraction of sp³-hybridized carbons (Fsp3) is 0.125. The van der Waals surface area contributed by atoms with Crippen LogP contribution in [0.25, 0.3) is 0 Å². The van der Waals surface area contributed by atoms with Crippen molar-refractivity contribution in [2.24, 2.45) is 0 Å². The van der Waals surface area contributed by atoms with E-state index in [9.17, 15) is 28.1 Å². The second kappa shape index (κ2) is 4.09. The number of hydrogen-bond acceptors (Lipinski definition) is 3. The Hall–Kier alpha value is -1.63. The SMILES string of the molecule is O=C(c1ccc(Cl)cc1[N+](=O)[O-])C(F)(F)F. The fourth-order valence-electron chi connectivity index (χ4n) is 1.00. The molecule has 86 valence electrons. The lowest BCUT2D eigenvalue weighted by atomic mass is 10.1. The number of ketones is 1. The van der Waals surface area contributed by atoms with Crippen molar-refractivity contribution in [1.82, 2.24) is 0 Å². The Kier molecular flexibility index (Phi) is 3.18. The quantitative estimate of drug-likeness (QED) is 0.462. The Morgan fingerprint density at radius 2 is 1.94 bits per heavy atom. The van der Waals surface area contributed by atoms with E-state index in [1.54, 1.807) is 0 Å². The summed E-state index contributed by atoms with van der Waals surface area (Å²) < 4.78 is 36.2. The van der Waals surface area contributed by atoms with E-state index in [-0.39, 0.29) is 5.02 Å². The van der Waals surface area contributed by atoms with Gasteiger partial charge < -0.3 is 0 Å². The summed E-state index contributed by atoms with van der Waals surface area (Å²) in [5.41, 5.74) is -1.99. The molecule has 0 N–H and O–H groups in total. The van der Waals surface area contributed by atoms with Gasteiger partial charge in [-0.15, -0.1) is 0 Å². The number of nitro groups is 1. The van der Waals surface area contributed by atoms with E-state index in [0.29, 0.717) is 12.1 Å². The van der Waals surface area contributed by atoms with Crippen LogP contribution in [0.4, 0.5) is 18.9 Å². The topological polar surface area (TPSA) is 60.2 Å². The predicted molar refractivity (Wildman–Crippen MR) is 48.5 cm³/mol. The second-order valence-corrected chi connectivity index (χ2v) is 3.18. The zero-order valence-corrected chi connectivity index (χ0v) is 8.17. The van der Waals surface area contributed by atoms with Gasteiger partial charge in [0.05, 0.1) is 4.92 Å². The van der Waals surface area contributed by atoms with Gasteiger partial charge in [-0.3, -0.25) is 14.9 Å². The van der Waals surface area contributed by atoms with Crippen LogP contribution in [0.15, 0.2) is 18.2 Å². The van der Waals surface area contributed by atoms with Crippen LogP contribution >= 0.6 is 11.6 Å². The van der Waals surface area contributed by atoms with E-state index in [1.165, 1.54) is 0 Å². The summed E-state index contributed by atoms with van der Waals surface area (Å²) in [6, 6.07) is 2.35. The molecule has 0 saturated carbocycles. The molecule has 4 nitrogen and oxygen atoms in total. The van der Waals surface area contributed by atoms with Gasteiger partial charge >= 0.3 is 6.18 Å². The highest BCUT2D eigenvalue weighted by Gasteiger charge is 2.42. The minimum absolute atomic E-state index is 0.120. The smallest absolute Gasteiger partial charge is 0.284 e. The largest absolute Gasteiger partial charge is 0.455 e. The first-order valence-corrected chi connectivity index (χ1v) is 4.16. The number of alkyl halides is 3. The Bertz CT molecular complexity index is 458. The van der Waals surface area contributed by atoms with Crippen LogP contribution in [-0.2, 0) is 0 Å². The van der Waals surface area contributed by atoms with Gasteiger partial charge in [0.15, 0.2) is 0 Å². The molecule has 1 aromatic carbocycles. The Balaban J connectivity index is 3.34. The molecule has 0 aliphatic heterocycles. The maximum absolute atomic E-state index is 12.1. The van der Waals surface area contributed by atoms with Gasteiger partial charge in [0.1, 0.15) is 5.56 Å². The molecule has 0 fully saturated rings. The Morgan fingerprint density at radius 3 is 2.38 bits per heavy atom. The van der Waals surface area contributed by atoms with E-state index in [0.717, 1.165) is 6.07 Å². The van der Waals surface area contributed by atoms with Crippen molar-refractivity contribution in [2.75, 3.05) is 0 Å². The molecule has 0 aliphatic carbocycles. The lowest BCUT2D eigenvalue weighted by molar-refractivity contribution is -0.385. The molecule has 1 aromatic rings. The summed E-state index contributed by atoms with van der Waals surface area (Å²) in [6.07, 6.45) is -5.15. The van der Waals surface area contributed by atoms with Gasteiger partial charge in [-0.05, 0) is 12.1 Å². The molecule has 0 saturated heterocycles. The maximum atomic E-state index is 12.1. The van der Waals surface area contributed by atoms with Crippen molar-refractivity contribution in [3.63, 3.8) is 0 Å². The number of rotatable bonds is 2. The highest BCUT2D eigenvalue weighted by molar-refractivity contribution is 6.31. The highest BCUT2D eigenvalue weighted by Crippen LogP contribution is 2.29. The van der Waals surface area contributed by atoms with Gasteiger partial charge in [0, 0.05) is 11.1 Å². The summed E-state index contributed by atoms with van der Waals surface area (Å²) in [6.45, 7) is 0. The first-order valence-electron chi connectivity index (χ1n) is 3.79. The van der Waals surface area contributed by atoms with Gasteiger partial charge in [-0.2, -0.15) is 13.2 Å². The first kappa shape index (κ1) is 12.4. The Morgan fingerprint density at radius 1 is 1.38 bits per heavy atom. The first-order chi connectivity index (χ1) is 7.23. The monoisotopic (exact) mass is 253 g/mol. The third-order valence-corrected chi connectivity index (χ3v) is 1.89. The number of nitro benzene ring substituents is 1. The number of carbonyl (C=O) groups is 1.